The van der Waals surface area contributed by atoms with E-state index in [2.05, 4.69) is 13.8 Å². The Kier molecular flexibility index (Phi) is 4.23. The highest BCUT2D eigenvalue weighted by Gasteiger charge is 2.54. The van der Waals surface area contributed by atoms with Crippen LogP contribution in [0.5, 0.6) is 0 Å². The van der Waals surface area contributed by atoms with Crippen molar-refractivity contribution in [3.05, 3.63) is 0 Å². The first kappa shape index (κ1) is 14.5. The number of hydrogen-bond acceptors (Lipinski definition) is 3. The van der Waals surface area contributed by atoms with Gasteiger partial charge in [-0.2, -0.15) is 0 Å². The van der Waals surface area contributed by atoms with Crippen LogP contribution in [0.3, 0.4) is 0 Å². The molecule has 0 aromatic rings. The van der Waals surface area contributed by atoms with Gasteiger partial charge in [0.2, 0.25) is 0 Å². The van der Waals surface area contributed by atoms with Crippen molar-refractivity contribution in [2.24, 2.45) is 17.3 Å². The molecule has 1 N–H and O–H groups in total. The van der Waals surface area contributed by atoms with Gasteiger partial charge in [-0.15, -0.1) is 0 Å². The SMILES string of the molecule is COC(=O)C(C(C)C)C1(O)CCCCC1(C)C. The lowest BCUT2D eigenvalue weighted by molar-refractivity contribution is -0.183. The van der Waals surface area contributed by atoms with Crippen LogP contribution < -0.4 is 0 Å². The second-order valence-electron chi connectivity index (χ2n) is 6.26. The molecule has 0 saturated heterocycles. The molecule has 2 atom stereocenters. The molecule has 0 radical (unpaired) electrons. The summed E-state index contributed by atoms with van der Waals surface area (Å²) in [6.45, 7) is 8.07. The second-order valence-corrected chi connectivity index (χ2v) is 6.26. The van der Waals surface area contributed by atoms with Crippen molar-refractivity contribution < 1.29 is 14.6 Å². The smallest absolute Gasteiger partial charge is 0.311 e. The molecule has 0 aromatic carbocycles. The molecule has 17 heavy (non-hydrogen) atoms. The van der Waals surface area contributed by atoms with Crippen LogP contribution in [0.1, 0.15) is 53.4 Å². The summed E-state index contributed by atoms with van der Waals surface area (Å²) in [4.78, 5) is 12.0. The van der Waals surface area contributed by atoms with E-state index >= 15 is 0 Å². The molecule has 100 valence electrons. The van der Waals surface area contributed by atoms with Gasteiger partial charge in [-0.05, 0) is 24.2 Å². The number of aliphatic hydroxyl groups is 1. The van der Waals surface area contributed by atoms with Crippen molar-refractivity contribution in [3.8, 4) is 0 Å². The predicted molar refractivity (Wildman–Crippen MR) is 67.5 cm³/mol. The number of rotatable bonds is 3. The number of esters is 1. The van der Waals surface area contributed by atoms with Gasteiger partial charge in [0.25, 0.3) is 0 Å². The fourth-order valence-corrected chi connectivity index (χ4v) is 3.24. The van der Waals surface area contributed by atoms with Crippen molar-refractivity contribution >= 4 is 5.97 Å². The molecular formula is C14H26O3. The first-order chi connectivity index (χ1) is 7.76. The molecule has 3 nitrogen and oxygen atoms in total. The van der Waals surface area contributed by atoms with Gasteiger partial charge >= 0.3 is 5.97 Å². The monoisotopic (exact) mass is 242 g/mol. The zero-order valence-electron chi connectivity index (χ0n) is 11.7. The Labute approximate surface area is 105 Å². The molecule has 2 unspecified atom stereocenters. The minimum absolute atomic E-state index is 0.0878. The number of carbonyl (C=O) groups is 1. The van der Waals surface area contributed by atoms with E-state index in [1.807, 2.05) is 13.8 Å². The van der Waals surface area contributed by atoms with Gasteiger partial charge in [0.1, 0.15) is 0 Å². The normalized spacial score (nSPS) is 30.1. The Morgan fingerprint density at radius 2 is 1.76 bits per heavy atom. The van der Waals surface area contributed by atoms with E-state index in [-0.39, 0.29) is 17.3 Å². The van der Waals surface area contributed by atoms with Crippen LogP contribution in [0.15, 0.2) is 0 Å². The maximum absolute atomic E-state index is 12.0. The Morgan fingerprint density at radius 3 is 2.18 bits per heavy atom. The Bertz CT molecular complexity index is 283. The molecule has 1 saturated carbocycles. The van der Waals surface area contributed by atoms with E-state index in [4.69, 9.17) is 4.74 Å². The molecule has 1 fully saturated rings. The lowest BCUT2D eigenvalue weighted by Crippen LogP contribution is -2.56. The summed E-state index contributed by atoms with van der Waals surface area (Å²) < 4.78 is 4.89. The Hall–Kier alpha value is -0.570. The summed E-state index contributed by atoms with van der Waals surface area (Å²) in [5, 5.41) is 11.0. The van der Waals surface area contributed by atoms with Crippen molar-refractivity contribution in [1.29, 1.82) is 0 Å². The number of methoxy groups -OCH3 is 1. The highest BCUT2D eigenvalue weighted by Crippen LogP contribution is 2.50. The van der Waals surface area contributed by atoms with Gasteiger partial charge in [0.05, 0.1) is 18.6 Å². The first-order valence-corrected chi connectivity index (χ1v) is 6.56. The Balaban J connectivity index is 3.10. The minimum atomic E-state index is -0.938. The summed E-state index contributed by atoms with van der Waals surface area (Å²) in [6.07, 6.45) is 3.77. The van der Waals surface area contributed by atoms with Gasteiger partial charge in [-0.3, -0.25) is 4.79 Å². The van der Waals surface area contributed by atoms with Crippen molar-refractivity contribution in [3.63, 3.8) is 0 Å². The standard InChI is InChI=1S/C14H26O3/c1-10(2)11(12(15)17-5)14(16)9-7-6-8-13(14,3)4/h10-11,16H,6-9H2,1-5H3. The molecule has 0 amide bonds. The first-order valence-electron chi connectivity index (χ1n) is 6.56. The number of hydrogen-bond donors (Lipinski definition) is 1. The second kappa shape index (κ2) is 4.97. The maximum atomic E-state index is 12.0. The van der Waals surface area contributed by atoms with Gasteiger partial charge in [-0.1, -0.05) is 40.5 Å². The quantitative estimate of drug-likeness (QED) is 0.774. The predicted octanol–water partition coefficient (Wildman–Crippen LogP) is 2.76. The van der Waals surface area contributed by atoms with Crippen LogP contribution in [0.2, 0.25) is 0 Å². The molecule has 0 heterocycles. The molecular weight excluding hydrogens is 216 g/mol. The van der Waals surface area contributed by atoms with E-state index in [9.17, 15) is 9.90 Å². The van der Waals surface area contributed by atoms with Crippen molar-refractivity contribution in [2.75, 3.05) is 7.11 Å². The molecule has 1 rings (SSSR count). The number of carbonyl (C=O) groups excluding carboxylic acids is 1. The van der Waals surface area contributed by atoms with Crippen molar-refractivity contribution in [2.45, 2.75) is 59.0 Å². The molecule has 3 heteroatoms. The van der Waals surface area contributed by atoms with E-state index in [0.717, 1.165) is 19.3 Å². The summed E-state index contributed by atoms with van der Waals surface area (Å²) >= 11 is 0. The summed E-state index contributed by atoms with van der Waals surface area (Å²) in [5.74, 6) is -0.620. The fourth-order valence-electron chi connectivity index (χ4n) is 3.24. The zero-order valence-corrected chi connectivity index (χ0v) is 11.7. The molecule has 0 aliphatic heterocycles. The van der Waals surface area contributed by atoms with Crippen LogP contribution in [0.25, 0.3) is 0 Å². The lowest BCUT2D eigenvalue weighted by atomic mass is 9.58. The third kappa shape index (κ3) is 2.49. The largest absolute Gasteiger partial charge is 0.469 e. The fraction of sp³-hybridized carbons (Fsp3) is 0.929. The summed E-state index contributed by atoms with van der Waals surface area (Å²) in [7, 11) is 1.40. The van der Waals surface area contributed by atoms with Gasteiger partial charge in [0.15, 0.2) is 0 Å². The third-order valence-electron chi connectivity index (χ3n) is 4.42. The topological polar surface area (TPSA) is 46.5 Å². The van der Waals surface area contributed by atoms with Crippen LogP contribution >= 0.6 is 0 Å². The van der Waals surface area contributed by atoms with E-state index in [1.165, 1.54) is 7.11 Å². The highest BCUT2D eigenvalue weighted by molar-refractivity contribution is 5.74. The average molecular weight is 242 g/mol. The van der Waals surface area contributed by atoms with E-state index in [0.29, 0.717) is 6.42 Å². The van der Waals surface area contributed by atoms with Gasteiger partial charge in [-0.25, -0.2) is 0 Å². The van der Waals surface area contributed by atoms with Crippen LogP contribution in [-0.4, -0.2) is 23.8 Å². The molecule has 1 aliphatic carbocycles. The van der Waals surface area contributed by atoms with Gasteiger partial charge in [0, 0.05) is 0 Å². The van der Waals surface area contributed by atoms with Crippen LogP contribution in [0, 0.1) is 17.3 Å². The van der Waals surface area contributed by atoms with Crippen LogP contribution in [-0.2, 0) is 9.53 Å². The van der Waals surface area contributed by atoms with Gasteiger partial charge < -0.3 is 9.84 Å². The van der Waals surface area contributed by atoms with Crippen molar-refractivity contribution in [1.82, 2.24) is 0 Å². The van der Waals surface area contributed by atoms with E-state index in [1.54, 1.807) is 0 Å². The lowest BCUT2D eigenvalue weighted by Gasteiger charge is -2.51. The summed E-state index contributed by atoms with van der Waals surface area (Å²) in [6, 6.07) is 0. The third-order valence-corrected chi connectivity index (χ3v) is 4.42. The van der Waals surface area contributed by atoms with E-state index < -0.39 is 11.5 Å². The highest BCUT2D eigenvalue weighted by atomic mass is 16.5. The molecule has 0 spiro atoms. The molecule has 1 aliphatic rings. The molecule has 0 bridgehead atoms. The summed E-state index contributed by atoms with van der Waals surface area (Å²) in [5.41, 5.74) is -1.17. The zero-order chi connectivity index (χ0) is 13.3. The van der Waals surface area contributed by atoms with Crippen LogP contribution in [0.4, 0.5) is 0 Å². The average Bonchev–Trinajstić information content (AvgIpc) is 2.22. The molecule has 0 aromatic heterocycles. The maximum Gasteiger partial charge on any atom is 0.311 e. The Morgan fingerprint density at radius 1 is 1.24 bits per heavy atom. The minimum Gasteiger partial charge on any atom is -0.469 e. The number of ether oxygens (including phenoxy) is 1.